The molecule has 23 heavy (non-hydrogen) atoms. The van der Waals surface area contributed by atoms with E-state index in [2.05, 4.69) is 31.2 Å². The summed E-state index contributed by atoms with van der Waals surface area (Å²) in [7, 11) is 1.65. The summed E-state index contributed by atoms with van der Waals surface area (Å²) in [6.07, 6.45) is 2.58. The van der Waals surface area contributed by atoms with E-state index in [0.29, 0.717) is 6.42 Å². The lowest BCUT2D eigenvalue weighted by Crippen LogP contribution is -2.32. The van der Waals surface area contributed by atoms with E-state index < -0.39 is 0 Å². The summed E-state index contributed by atoms with van der Waals surface area (Å²) < 4.78 is 5.17. The molecule has 0 aromatic heterocycles. The van der Waals surface area contributed by atoms with Crippen molar-refractivity contribution in [1.82, 2.24) is 4.90 Å². The highest BCUT2D eigenvalue weighted by atomic mass is 16.5. The SMILES string of the molecule is COc1ccc(CC(=O)N2CCCC2c2ccccc2C)cc1. The number of hydrogen-bond donors (Lipinski definition) is 0. The third-order valence-electron chi connectivity index (χ3n) is 4.64. The van der Waals surface area contributed by atoms with Gasteiger partial charge in [0.1, 0.15) is 5.75 Å². The molecule has 1 fully saturated rings. The predicted octanol–water partition coefficient (Wildman–Crippen LogP) is 3.91. The topological polar surface area (TPSA) is 29.5 Å². The second-order valence-corrected chi connectivity index (χ2v) is 6.13. The molecule has 1 heterocycles. The average molecular weight is 309 g/mol. The fraction of sp³-hybridized carbons (Fsp3) is 0.350. The van der Waals surface area contributed by atoms with Crippen LogP contribution < -0.4 is 4.74 Å². The van der Waals surface area contributed by atoms with Crippen molar-refractivity contribution in [1.29, 1.82) is 0 Å². The van der Waals surface area contributed by atoms with Gasteiger partial charge in [-0.1, -0.05) is 36.4 Å². The van der Waals surface area contributed by atoms with Crippen molar-refractivity contribution < 1.29 is 9.53 Å². The number of hydrogen-bond acceptors (Lipinski definition) is 2. The third kappa shape index (κ3) is 3.39. The van der Waals surface area contributed by atoms with E-state index in [4.69, 9.17) is 4.74 Å². The number of amides is 1. The van der Waals surface area contributed by atoms with E-state index in [1.807, 2.05) is 29.2 Å². The monoisotopic (exact) mass is 309 g/mol. The minimum atomic E-state index is 0.209. The van der Waals surface area contributed by atoms with Crippen LogP contribution in [-0.4, -0.2) is 24.5 Å². The second kappa shape index (κ2) is 6.86. The molecule has 1 amide bonds. The van der Waals surface area contributed by atoms with E-state index in [9.17, 15) is 4.79 Å². The van der Waals surface area contributed by atoms with Crippen LogP contribution in [0.3, 0.4) is 0 Å². The normalized spacial score (nSPS) is 17.3. The number of ether oxygens (including phenoxy) is 1. The molecule has 0 radical (unpaired) electrons. The van der Waals surface area contributed by atoms with Gasteiger partial charge in [-0.25, -0.2) is 0 Å². The molecule has 1 unspecified atom stereocenters. The maximum atomic E-state index is 12.8. The summed E-state index contributed by atoms with van der Waals surface area (Å²) in [4.78, 5) is 14.8. The molecular weight excluding hydrogens is 286 g/mol. The van der Waals surface area contributed by atoms with Gasteiger partial charge in [-0.15, -0.1) is 0 Å². The molecule has 1 saturated heterocycles. The Balaban J connectivity index is 1.74. The molecule has 3 heteroatoms. The van der Waals surface area contributed by atoms with Gasteiger partial charge in [0, 0.05) is 6.54 Å². The average Bonchev–Trinajstić information content (AvgIpc) is 3.05. The van der Waals surface area contributed by atoms with Crippen LogP contribution in [0.2, 0.25) is 0 Å². The number of methoxy groups -OCH3 is 1. The second-order valence-electron chi connectivity index (χ2n) is 6.13. The van der Waals surface area contributed by atoms with Crippen molar-refractivity contribution in [3.05, 3.63) is 65.2 Å². The van der Waals surface area contributed by atoms with Crippen molar-refractivity contribution in [2.75, 3.05) is 13.7 Å². The first kappa shape index (κ1) is 15.6. The maximum absolute atomic E-state index is 12.8. The fourth-order valence-electron chi connectivity index (χ4n) is 3.37. The number of carbonyl (C=O) groups excluding carboxylic acids is 1. The smallest absolute Gasteiger partial charge is 0.227 e. The first-order chi connectivity index (χ1) is 11.2. The molecule has 0 N–H and O–H groups in total. The molecule has 3 rings (SSSR count). The Hall–Kier alpha value is -2.29. The van der Waals surface area contributed by atoms with E-state index in [0.717, 1.165) is 30.7 Å². The highest BCUT2D eigenvalue weighted by Crippen LogP contribution is 2.34. The number of nitrogens with zero attached hydrogens (tertiary/aromatic N) is 1. The Labute approximate surface area is 137 Å². The number of carbonyl (C=O) groups is 1. The van der Waals surface area contributed by atoms with Gasteiger partial charge < -0.3 is 9.64 Å². The lowest BCUT2D eigenvalue weighted by Gasteiger charge is -2.26. The van der Waals surface area contributed by atoms with Crippen LogP contribution in [0.5, 0.6) is 5.75 Å². The molecule has 1 atom stereocenters. The Kier molecular flexibility index (Phi) is 4.65. The lowest BCUT2D eigenvalue weighted by atomic mass is 9.99. The van der Waals surface area contributed by atoms with Crippen molar-refractivity contribution >= 4 is 5.91 Å². The van der Waals surface area contributed by atoms with Crippen LogP contribution in [0.1, 0.15) is 35.6 Å². The van der Waals surface area contributed by atoms with Gasteiger partial charge in [0.15, 0.2) is 0 Å². The number of benzene rings is 2. The zero-order chi connectivity index (χ0) is 16.2. The van der Waals surface area contributed by atoms with Crippen LogP contribution in [-0.2, 0) is 11.2 Å². The number of aryl methyl sites for hydroxylation is 1. The van der Waals surface area contributed by atoms with Gasteiger partial charge in [-0.2, -0.15) is 0 Å². The van der Waals surface area contributed by atoms with Crippen LogP contribution in [0, 0.1) is 6.92 Å². The predicted molar refractivity (Wildman–Crippen MR) is 91.6 cm³/mol. The maximum Gasteiger partial charge on any atom is 0.227 e. The van der Waals surface area contributed by atoms with Gasteiger partial charge in [-0.3, -0.25) is 4.79 Å². The first-order valence-corrected chi connectivity index (χ1v) is 8.17. The van der Waals surface area contributed by atoms with E-state index in [1.54, 1.807) is 7.11 Å². The molecule has 1 aliphatic heterocycles. The Morgan fingerprint density at radius 3 is 2.61 bits per heavy atom. The summed E-state index contributed by atoms with van der Waals surface area (Å²) in [6, 6.07) is 16.4. The minimum absolute atomic E-state index is 0.209. The lowest BCUT2D eigenvalue weighted by molar-refractivity contribution is -0.131. The number of likely N-dealkylation sites (tertiary alicyclic amines) is 1. The third-order valence-corrected chi connectivity index (χ3v) is 4.64. The minimum Gasteiger partial charge on any atom is -0.497 e. The highest BCUT2D eigenvalue weighted by molar-refractivity contribution is 5.79. The van der Waals surface area contributed by atoms with Crippen molar-refractivity contribution in [2.24, 2.45) is 0 Å². The van der Waals surface area contributed by atoms with E-state index in [1.165, 1.54) is 11.1 Å². The fourth-order valence-corrected chi connectivity index (χ4v) is 3.37. The van der Waals surface area contributed by atoms with Crippen LogP contribution in [0.4, 0.5) is 0 Å². The van der Waals surface area contributed by atoms with Crippen LogP contribution >= 0.6 is 0 Å². The zero-order valence-corrected chi connectivity index (χ0v) is 13.8. The van der Waals surface area contributed by atoms with Crippen molar-refractivity contribution in [3.8, 4) is 5.75 Å². The molecule has 0 aliphatic carbocycles. The summed E-state index contributed by atoms with van der Waals surface area (Å²) in [5, 5.41) is 0. The number of rotatable bonds is 4. The first-order valence-electron chi connectivity index (χ1n) is 8.17. The molecule has 0 bridgehead atoms. The Morgan fingerprint density at radius 2 is 1.91 bits per heavy atom. The molecule has 2 aromatic carbocycles. The van der Waals surface area contributed by atoms with Gasteiger partial charge in [-0.05, 0) is 48.6 Å². The van der Waals surface area contributed by atoms with Crippen LogP contribution in [0.15, 0.2) is 48.5 Å². The summed E-state index contributed by atoms with van der Waals surface area (Å²) >= 11 is 0. The van der Waals surface area contributed by atoms with Crippen molar-refractivity contribution in [2.45, 2.75) is 32.2 Å². The quantitative estimate of drug-likeness (QED) is 0.857. The molecular formula is C20H23NO2. The van der Waals surface area contributed by atoms with Gasteiger partial charge >= 0.3 is 0 Å². The summed E-state index contributed by atoms with van der Waals surface area (Å²) in [5.74, 6) is 1.03. The molecule has 2 aromatic rings. The van der Waals surface area contributed by atoms with Crippen LogP contribution in [0.25, 0.3) is 0 Å². The highest BCUT2D eigenvalue weighted by Gasteiger charge is 2.30. The standard InChI is InChI=1S/C20H23NO2/c1-15-6-3-4-7-18(15)19-8-5-13-21(19)20(22)14-16-9-11-17(23-2)12-10-16/h3-4,6-7,9-12,19H,5,8,13-14H2,1-2H3. The van der Waals surface area contributed by atoms with Gasteiger partial charge in [0.05, 0.1) is 19.6 Å². The van der Waals surface area contributed by atoms with Crippen molar-refractivity contribution in [3.63, 3.8) is 0 Å². The molecule has 120 valence electrons. The van der Waals surface area contributed by atoms with E-state index in [-0.39, 0.29) is 11.9 Å². The molecule has 0 saturated carbocycles. The molecule has 1 aliphatic rings. The summed E-state index contributed by atoms with van der Waals surface area (Å²) in [6.45, 7) is 2.98. The largest absolute Gasteiger partial charge is 0.497 e. The van der Waals surface area contributed by atoms with Gasteiger partial charge in [0.2, 0.25) is 5.91 Å². The zero-order valence-electron chi connectivity index (χ0n) is 13.8. The Bertz CT molecular complexity index is 678. The van der Waals surface area contributed by atoms with E-state index >= 15 is 0 Å². The van der Waals surface area contributed by atoms with Gasteiger partial charge in [0.25, 0.3) is 0 Å². The molecule has 3 nitrogen and oxygen atoms in total. The summed E-state index contributed by atoms with van der Waals surface area (Å²) in [5.41, 5.74) is 3.58. The molecule has 0 spiro atoms. The Morgan fingerprint density at radius 1 is 1.17 bits per heavy atom.